The fourth-order valence-electron chi connectivity index (χ4n) is 3.72. The summed E-state index contributed by atoms with van der Waals surface area (Å²) in [6.45, 7) is 3.35. The first-order valence-electron chi connectivity index (χ1n) is 7.90. The van der Waals surface area contributed by atoms with Crippen LogP contribution in [0.25, 0.3) is 0 Å². The van der Waals surface area contributed by atoms with Crippen molar-refractivity contribution in [2.45, 2.75) is 51.2 Å². The van der Waals surface area contributed by atoms with Gasteiger partial charge in [-0.1, -0.05) is 18.2 Å². The molecule has 1 fully saturated rings. The average molecular weight is 275 g/mol. The number of aliphatic hydroxyl groups is 1. The highest BCUT2D eigenvalue weighted by molar-refractivity contribution is 5.61. The van der Waals surface area contributed by atoms with Gasteiger partial charge >= 0.3 is 0 Å². The zero-order valence-electron chi connectivity index (χ0n) is 12.3. The van der Waals surface area contributed by atoms with Gasteiger partial charge in [-0.3, -0.25) is 0 Å². The van der Waals surface area contributed by atoms with Crippen LogP contribution in [0, 0.1) is 12.8 Å². The van der Waals surface area contributed by atoms with E-state index in [1.165, 1.54) is 29.7 Å². The highest BCUT2D eigenvalue weighted by atomic mass is 16.5. The van der Waals surface area contributed by atoms with Gasteiger partial charge in [0.05, 0.1) is 6.10 Å². The molecule has 0 bridgehead atoms. The zero-order valence-corrected chi connectivity index (χ0v) is 12.3. The molecular formula is C17H25NO2. The second kappa shape index (κ2) is 6.15. The molecule has 3 nitrogen and oxygen atoms in total. The summed E-state index contributed by atoms with van der Waals surface area (Å²) in [5, 5.41) is 12.7. The fourth-order valence-corrected chi connectivity index (χ4v) is 3.72. The lowest BCUT2D eigenvalue weighted by atomic mass is 9.78. The van der Waals surface area contributed by atoms with Crippen molar-refractivity contribution < 1.29 is 9.84 Å². The van der Waals surface area contributed by atoms with Crippen LogP contribution < -0.4 is 5.32 Å². The minimum absolute atomic E-state index is 0.263. The standard InChI is InChI=1S/C17H25NO2/c1-12-6-4-7-14-16(12)18-15(9-2-3-10-19)13-8-5-11-20-17(13)14/h4,6-7,13,15,17-19H,2-3,5,8-11H2,1H3/t13-,15-,17-/m0/s1. The number of fused-ring (bicyclic) bond motifs is 3. The number of unbranched alkanes of at least 4 members (excludes halogenated alkanes) is 1. The van der Waals surface area contributed by atoms with E-state index in [4.69, 9.17) is 9.84 Å². The van der Waals surface area contributed by atoms with E-state index in [0.29, 0.717) is 18.6 Å². The molecule has 3 heteroatoms. The molecule has 110 valence electrons. The van der Waals surface area contributed by atoms with E-state index in [1.54, 1.807) is 0 Å². The smallest absolute Gasteiger partial charge is 0.0892 e. The predicted molar refractivity (Wildman–Crippen MR) is 80.9 cm³/mol. The molecule has 3 rings (SSSR count). The summed E-state index contributed by atoms with van der Waals surface area (Å²) in [7, 11) is 0. The molecule has 2 aliphatic rings. The van der Waals surface area contributed by atoms with Crippen LogP contribution in [0.2, 0.25) is 0 Å². The van der Waals surface area contributed by atoms with Crippen LogP contribution in [0.5, 0.6) is 0 Å². The second-order valence-corrected chi connectivity index (χ2v) is 6.11. The van der Waals surface area contributed by atoms with Gasteiger partial charge in [0.25, 0.3) is 0 Å². The molecule has 1 aromatic rings. The summed E-state index contributed by atoms with van der Waals surface area (Å²) in [6, 6.07) is 7.00. The second-order valence-electron chi connectivity index (χ2n) is 6.11. The van der Waals surface area contributed by atoms with Gasteiger partial charge in [-0.2, -0.15) is 0 Å². The summed E-state index contributed by atoms with van der Waals surface area (Å²) >= 11 is 0. The van der Waals surface area contributed by atoms with Crippen LogP contribution in [0.3, 0.4) is 0 Å². The maximum atomic E-state index is 8.98. The van der Waals surface area contributed by atoms with Gasteiger partial charge in [-0.25, -0.2) is 0 Å². The Morgan fingerprint density at radius 3 is 3.10 bits per heavy atom. The van der Waals surface area contributed by atoms with Crippen LogP contribution in [0.1, 0.15) is 49.3 Å². The molecule has 2 aliphatic heterocycles. The van der Waals surface area contributed by atoms with Crippen LogP contribution in [0.15, 0.2) is 18.2 Å². The number of hydrogen-bond acceptors (Lipinski definition) is 3. The van der Waals surface area contributed by atoms with Crippen molar-refractivity contribution in [2.75, 3.05) is 18.5 Å². The molecule has 0 aromatic heterocycles. The van der Waals surface area contributed by atoms with Gasteiger partial charge in [0, 0.05) is 36.4 Å². The third-order valence-electron chi connectivity index (χ3n) is 4.75. The summed E-state index contributed by atoms with van der Waals surface area (Å²) in [6.07, 6.45) is 5.78. The van der Waals surface area contributed by atoms with E-state index >= 15 is 0 Å². The van der Waals surface area contributed by atoms with Crippen molar-refractivity contribution >= 4 is 5.69 Å². The van der Waals surface area contributed by atoms with E-state index < -0.39 is 0 Å². The Hall–Kier alpha value is -1.06. The first-order chi connectivity index (χ1) is 9.81. The van der Waals surface area contributed by atoms with E-state index in [1.807, 2.05) is 0 Å². The van der Waals surface area contributed by atoms with E-state index in [9.17, 15) is 0 Å². The van der Waals surface area contributed by atoms with E-state index in [-0.39, 0.29) is 6.10 Å². The van der Waals surface area contributed by atoms with Crippen LogP contribution in [-0.4, -0.2) is 24.4 Å². The number of anilines is 1. The monoisotopic (exact) mass is 275 g/mol. The van der Waals surface area contributed by atoms with Crippen LogP contribution >= 0.6 is 0 Å². The Balaban J connectivity index is 1.85. The first kappa shape index (κ1) is 13.9. The molecule has 2 heterocycles. The highest BCUT2D eigenvalue weighted by Crippen LogP contribution is 2.45. The topological polar surface area (TPSA) is 41.5 Å². The molecule has 0 unspecified atom stereocenters. The molecule has 20 heavy (non-hydrogen) atoms. The lowest BCUT2D eigenvalue weighted by Crippen LogP contribution is -2.41. The van der Waals surface area contributed by atoms with Gasteiger partial charge in [-0.15, -0.1) is 0 Å². The Kier molecular flexibility index (Phi) is 4.27. The highest BCUT2D eigenvalue weighted by Gasteiger charge is 2.38. The molecule has 0 saturated carbocycles. The van der Waals surface area contributed by atoms with Gasteiger partial charge in [0.2, 0.25) is 0 Å². The summed E-state index contributed by atoms with van der Waals surface area (Å²) in [5.41, 5.74) is 3.93. The third-order valence-corrected chi connectivity index (χ3v) is 4.75. The van der Waals surface area contributed by atoms with Gasteiger partial charge in [-0.05, 0) is 44.6 Å². The molecule has 1 aromatic carbocycles. The Labute approximate surface area is 121 Å². The number of ether oxygens (including phenoxy) is 1. The Bertz CT molecular complexity index is 460. The minimum Gasteiger partial charge on any atom is -0.396 e. The van der Waals surface area contributed by atoms with Gasteiger partial charge in [0.1, 0.15) is 0 Å². The van der Waals surface area contributed by atoms with Crippen molar-refractivity contribution in [2.24, 2.45) is 5.92 Å². The van der Waals surface area contributed by atoms with E-state index in [0.717, 1.165) is 25.9 Å². The molecule has 0 amide bonds. The number of nitrogens with one attached hydrogen (secondary N) is 1. The van der Waals surface area contributed by atoms with Crippen molar-refractivity contribution in [1.29, 1.82) is 0 Å². The first-order valence-corrected chi connectivity index (χ1v) is 7.90. The van der Waals surface area contributed by atoms with Crippen LogP contribution in [0.4, 0.5) is 5.69 Å². The largest absolute Gasteiger partial charge is 0.396 e. The maximum absolute atomic E-state index is 8.98. The lowest BCUT2D eigenvalue weighted by Gasteiger charge is -2.43. The minimum atomic E-state index is 0.263. The Morgan fingerprint density at radius 2 is 2.25 bits per heavy atom. The summed E-state index contributed by atoms with van der Waals surface area (Å²) < 4.78 is 6.11. The van der Waals surface area contributed by atoms with E-state index in [2.05, 4.69) is 30.4 Å². The number of aliphatic hydroxyl groups excluding tert-OH is 1. The molecule has 0 radical (unpaired) electrons. The average Bonchev–Trinajstić information content (AvgIpc) is 2.48. The number of rotatable bonds is 4. The number of benzene rings is 1. The zero-order chi connectivity index (χ0) is 13.9. The van der Waals surface area contributed by atoms with Crippen molar-refractivity contribution in [3.8, 4) is 0 Å². The summed E-state index contributed by atoms with van der Waals surface area (Å²) in [4.78, 5) is 0. The van der Waals surface area contributed by atoms with Crippen molar-refractivity contribution in [1.82, 2.24) is 0 Å². The molecule has 0 aliphatic carbocycles. The van der Waals surface area contributed by atoms with Crippen molar-refractivity contribution in [3.05, 3.63) is 29.3 Å². The van der Waals surface area contributed by atoms with Gasteiger partial charge < -0.3 is 15.2 Å². The number of para-hydroxylation sites is 1. The molecule has 1 saturated heterocycles. The third kappa shape index (κ3) is 2.57. The van der Waals surface area contributed by atoms with Gasteiger partial charge in [0.15, 0.2) is 0 Å². The molecular weight excluding hydrogens is 250 g/mol. The molecule has 2 N–H and O–H groups in total. The van der Waals surface area contributed by atoms with Crippen molar-refractivity contribution in [3.63, 3.8) is 0 Å². The number of hydrogen-bond donors (Lipinski definition) is 2. The summed E-state index contributed by atoms with van der Waals surface area (Å²) in [5.74, 6) is 0.580. The van der Waals surface area contributed by atoms with Crippen LogP contribution in [-0.2, 0) is 4.74 Å². The molecule has 3 atom stereocenters. The quantitative estimate of drug-likeness (QED) is 0.827. The molecule has 0 spiro atoms. The predicted octanol–water partition coefficient (Wildman–Crippen LogP) is 3.42. The SMILES string of the molecule is Cc1cccc2c1N[C@@H](CCCCO)[C@@H]1CCCO[C@H]21. The number of aryl methyl sites for hydroxylation is 1. The maximum Gasteiger partial charge on any atom is 0.0892 e. The lowest BCUT2D eigenvalue weighted by molar-refractivity contribution is -0.0387. The fraction of sp³-hybridized carbons (Fsp3) is 0.647. The normalized spacial score (nSPS) is 28.4. The Morgan fingerprint density at radius 1 is 1.35 bits per heavy atom.